The van der Waals surface area contributed by atoms with Crippen LogP contribution in [0.1, 0.15) is 39.5 Å². The van der Waals surface area contributed by atoms with Crippen molar-refractivity contribution >= 4 is 0 Å². The standard InChI is InChI=1S/C22H35NO5/c1-4-23-9-20(2)14-6-12-19(23)22(14,16(25)7-15(20)24)11-5-10-13(28-3)8-21(12,27)17(11)18(10)26/h10-19,24-27H,4-9H2,1-3H3/t10-,11-,12+,13+,14-,15-,16+,17-,18+,19-,20+,21+,22-/m1/s1. The Hall–Kier alpha value is -0.240. The van der Waals surface area contributed by atoms with Gasteiger partial charge in [-0.25, -0.2) is 0 Å². The highest BCUT2D eigenvalue weighted by atomic mass is 16.5. The highest BCUT2D eigenvalue weighted by Gasteiger charge is 2.83. The van der Waals surface area contributed by atoms with Gasteiger partial charge in [-0.1, -0.05) is 13.8 Å². The van der Waals surface area contributed by atoms with E-state index in [0.29, 0.717) is 12.8 Å². The maximum atomic E-state index is 12.1. The molecule has 1 heterocycles. The van der Waals surface area contributed by atoms with E-state index in [9.17, 15) is 20.4 Å². The fraction of sp³-hybridized carbons (Fsp3) is 1.00. The van der Waals surface area contributed by atoms with Crippen molar-refractivity contribution in [3.8, 4) is 0 Å². The summed E-state index contributed by atoms with van der Waals surface area (Å²) in [7, 11) is 1.69. The zero-order valence-electron chi connectivity index (χ0n) is 17.2. The van der Waals surface area contributed by atoms with E-state index in [1.807, 2.05) is 0 Å². The van der Waals surface area contributed by atoms with Gasteiger partial charge in [-0.2, -0.15) is 0 Å². The lowest BCUT2D eigenvalue weighted by Crippen LogP contribution is -2.77. The van der Waals surface area contributed by atoms with Crippen molar-refractivity contribution in [1.29, 1.82) is 0 Å². The number of methoxy groups -OCH3 is 1. The molecule has 0 aromatic rings. The Morgan fingerprint density at radius 3 is 2.50 bits per heavy atom. The first-order chi connectivity index (χ1) is 13.2. The van der Waals surface area contributed by atoms with E-state index in [2.05, 4.69) is 18.7 Å². The van der Waals surface area contributed by atoms with Gasteiger partial charge in [0.15, 0.2) is 0 Å². The van der Waals surface area contributed by atoms with Gasteiger partial charge in [0, 0.05) is 61.1 Å². The molecule has 6 fully saturated rings. The van der Waals surface area contributed by atoms with Gasteiger partial charge < -0.3 is 25.2 Å². The minimum Gasteiger partial charge on any atom is -0.392 e. The lowest BCUT2D eigenvalue weighted by atomic mass is 9.43. The summed E-state index contributed by atoms with van der Waals surface area (Å²) in [5.74, 6) is 0.161. The van der Waals surface area contributed by atoms with Crippen LogP contribution in [0.15, 0.2) is 0 Å². The molecular formula is C22H35NO5. The van der Waals surface area contributed by atoms with Crippen LogP contribution < -0.4 is 0 Å². The van der Waals surface area contributed by atoms with E-state index in [4.69, 9.17) is 4.74 Å². The van der Waals surface area contributed by atoms with E-state index in [0.717, 1.165) is 25.9 Å². The number of likely N-dealkylation sites (tertiary alicyclic amines) is 1. The molecule has 1 spiro atoms. The Labute approximate surface area is 166 Å². The third kappa shape index (κ3) is 1.65. The third-order valence-electron chi connectivity index (χ3n) is 10.8. The highest BCUT2D eigenvalue weighted by Crippen LogP contribution is 2.78. The molecule has 5 aliphatic carbocycles. The molecule has 0 amide bonds. The molecule has 0 radical (unpaired) electrons. The van der Waals surface area contributed by atoms with Gasteiger partial charge in [-0.3, -0.25) is 4.90 Å². The number of hydrogen-bond donors (Lipinski definition) is 4. The summed E-state index contributed by atoms with van der Waals surface area (Å²) in [5, 5.41) is 46.0. The first-order valence-corrected chi connectivity index (χ1v) is 11.3. The summed E-state index contributed by atoms with van der Waals surface area (Å²) >= 11 is 0. The normalized spacial score (nSPS) is 67.0. The first-order valence-electron chi connectivity index (χ1n) is 11.3. The average Bonchev–Trinajstić information content (AvgIpc) is 3.09. The number of ether oxygens (including phenoxy) is 1. The Morgan fingerprint density at radius 2 is 1.82 bits per heavy atom. The number of aliphatic hydroxyl groups excluding tert-OH is 3. The maximum absolute atomic E-state index is 12.1. The first kappa shape index (κ1) is 18.5. The Kier molecular flexibility index (Phi) is 3.52. The van der Waals surface area contributed by atoms with Crippen LogP contribution in [0.3, 0.4) is 0 Å². The van der Waals surface area contributed by atoms with Crippen molar-refractivity contribution in [1.82, 2.24) is 4.90 Å². The lowest BCUT2D eigenvalue weighted by molar-refractivity contribution is -0.282. The molecule has 0 unspecified atom stereocenters. The molecule has 28 heavy (non-hydrogen) atoms. The van der Waals surface area contributed by atoms with E-state index in [-0.39, 0.29) is 52.6 Å². The summed E-state index contributed by atoms with van der Waals surface area (Å²) in [6.45, 7) is 6.05. The molecule has 5 saturated carbocycles. The summed E-state index contributed by atoms with van der Waals surface area (Å²) < 4.78 is 5.77. The maximum Gasteiger partial charge on any atom is 0.0771 e. The van der Waals surface area contributed by atoms with Gasteiger partial charge in [-0.05, 0) is 31.2 Å². The van der Waals surface area contributed by atoms with Crippen molar-refractivity contribution in [2.24, 2.45) is 40.4 Å². The van der Waals surface area contributed by atoms with Crippen LogP contribution in [0.2, 0.25) is 0 Å². The van der Waals surface area contributed by atoms with Crippen LogP contribution in [0.5, 0.6) is 0 Å². The number of nitrogens with zero attached hydrogens (tertiary/aromatic N) is 1. The van der Waals surface area contributed by atoms with Crippen molar-refractivity contribution in [3.05, 3.63) is 0 Å². The Balaban J connectivity index is 1.60. The molecule has 1 saturated heterocycles. The molecule has 0 aromatic carbocycles. The van der Waals surface area contributed by atoms with Crippen molar-refractivity contribution in [3.63, 3.8) is 0 Å². The van der Waals surface area contributed by atoms with Gasteiger partial charge in [0.25, 0.3) is 0 Å². The summed E-state index contributed by atoms with van der Waals surface area (Å²) in [4.78, 5) is 2.45. The predicted molar refractivity (Wildman–Crippen MR) is 101 cm³/mol. The van der Waals surface area contributed by atoms with Gasteiger partial charge in [0.05, 0.1) is 30.0 Å². The number of fused-ring (bicyclic) bond motifs is 2. The number of aliphatic hydroxyl groups is 4. The molecule has 6 heteroatoms. The summed E-state index contributed by atoms with van der Waals surface area (Å²) in [5.41, 5.74) is -1.55. The van der Waals surface area contributed by atoms with Crippen LogP contribution in [0, 0.1) is 40.4 Å². The Bertz CT molecular complexity index is 704. The van der Waals surface area contributed by atoms with Gasteiger partial charge in [0.1, 0.15) is 0 Å². The molecule has 6 aliphatic rings. The van der Waals surface area contributed by atoms with Crippen molar-refractivity contribution < 1.29 is 25.2 Å². The second-order valence-corrected chi connectivity index (χ2v) is 11.2. The average molecular weight is 394 g/mol. The van der Waals surface area contributed by atoms with E-state index in [1.54, 1.807) is 7.11 Å². The summed E-state index contributed by atoms with van der Waals surface area (Å²) in [6, 6.07) is 0.130. The van der Waals surface area contributed by atoms with Crippen molar-refractivity contribution in [2.45, 2.75) is 75.6 Å². The zero-order chi connectivity index (χ0) is 19.8. The molecule has 6 nitrogen and oxygen atoms in total. The fourth-order valence-electron chi connectivity index (χ4n) is 10.0. The van der Waals surface area contributed by atoms with Crippen LogP contribution in [0.25, 0.3) is 0 Å². The molecule has 7 bridgehead atoms. The zero-order valence-corrected chi connectivity index (χ0v) is 17.2. The molecule has 0 aromatic heterocycles. The molecule has 158 valence electrons. The van der Waals surface area contributed by atoms with Gasteiger partial charge in [0.2, 0.25) is 0 Å². The van der Waals surface area contributed by atoms with Crippen LogP contribution in [0.4, 0.5) is 0 Å². The van der Waals surface area contributed by atoms with E-state index in [1.165, 1.54) is 0 Å². The van der Waals surface area contributed by atoms with Crippen LogP contribution >= 0.6 is 0 Å². The fourth-order valence-corrected chi connectivity index (χ4v) is 10.0. The number of piperidine rings is 1. The minimum absolute atomic E-state index is 0.0202. The Morgan fingerprint density at radius 1 is 1.07 bits per heavy atom. The van der Waals surface area contributed by atoms with Gasteiger partial charge in [-0.15, -0.1) is 0 Å². The van der Waals surface area contributed by atoms with Gasteiger partial charge >= 0.3 is 0 Å². The second-order valence-electron chi connectivity index (χ2n) is 11.2. The largest absolute Gasteiger partial charge is 0.392 e. The topological polar surface area (TPSA) is 93.4 Å². The monoisotopic (exact) mass is 393 g/mol. The van der Waals surface area contributed by atoms with E-state index >= 15 is 0 Å². The molecule has 6 rings (SSSR count). The predicted octanol–water partition coefficient (Wildman–Crippen LogP) is 0.221. The number of hydrogen-bond acceptors (Lipinski definition) is 6. The molecule has 1 aliphatic heterocycles. The van der Waals surface area contributed by atoms with E-state index < -0.39 is 23.9 Å². The smallest absolute Gasteiger partial charge is 0.0771 e. The number of rotatable bonds is 2. The molecule has 4 N–H and O–H groups in total. The minimum atomic E-state index is -0.950. The highest BCUT2D eigenvalue weighted by molar-refractivity contribution is 5.33. The molecule has 13 atom stereocenters. The molecular weight excluding hydrogens is 358 g/mol. The third-order valence-corrected chi connectivity index (χ3v) is 10.8. The van der Waals surface area contributed by atoms with Crippen LogP contribution in [-0.2, 0) is 4.74 Å². The van der Waals surface area contributed by atoms with Crippen LogP contribution in [-0.4, -0.2) is 81.6 Å². The SMILES string of the molecule is CCN1C[C@]2(C)[C@H](O)C[C@H](O)[C@@]34[C@@H]5C[C@H]6[C@H](O)[C@@H]5[C@](O)(C[C@@H]6OC)[C@@H](C[C@H]23)[C@@H]14. The lowest BCUT2D eigenvalue weighted by Gasteiger charge is -2.69. The second kappa shape index (κ2) is 5.32. The quantitative estimate of drug-likeness (QED) is 0.536. The summed E-state index contributed by atoms with van der Waals surface area (Å²) in [6.07, 6.45) is 0.878. The van der Waals surface area contributed by atoms with Crippen molar-refractivity contribution in [2.75, 3.05) is 20.2 Å².